The number of hydrogen-bond acceptors (Lipinski definition) is 4. The van der Waals surface area contributed by atoms with Gasteiger partial charge in [-0.25, -0.2) is 8.42 Å². The summed E-state index contributed by atoms with van der Waals surface area (Å²) in [5.41, 5.74) is 3.83. The van der Waals surface area contributed by atoms with E-state index in [4.69, 9.17) is 0 Å². The normalized spacial score (nSPS) is 23.9. The van der Waals surface area contributed by atoms with Gasteiger partial charge in [0.25, 0.3) is 0 Å². The molecule has 2 aromatic carbocycles. The highest BCUT2D eigenvalue weighted by molar-refractivity contribution is 7.91. The summed E-state index contributed by atoms with van der Waals surface area (Å²) in [4.78, 5) is 16.7. The zero-order chi connectivity index (χ0) is 19.7. The van der Waals surface area contributed by atoms with Gasteiger partial charge in [0, 0.05) is 32.1 Å². The largest absolute Gasteiger partial charge is 0.341 e. The molecule has 4 rings (SSSR count). The standard InChI is InChI=1S/C22H26N2O3S/c1-23(19-11-12-28(26,27)16-19)22(25)15-24-13-18-9-5-6-10-20(18)21(14-24)17-7-3-2-4-8-17/h2-10,19,21H,11-16H2,1H3. The summed E-state index contributed by atoms with van der Waals surface area (Å²) in [6.07, 6.45) is 0.542. The van der Waals surface area contributed by atoms with Gasteiger partial charge in [-0.15, -0.1) is 0 Å². The molecule has 2 unspecified atom stereocenters. The van der Waals surface area contributed by atoms with Crippen LogP contribution in [0.15, 0.2) is 54.6 Å². The van der Waals surface area contributed by atoms with Crippen molar-refractivity contribution >= 4 is 15.7 Å². The summed E-state index contributed by atoms with van der Waals surface area (Å²) in [7, 11) is -1.26. The topological polar surface area (TPSA) is 57.7 Å². The highest BCUT2D eigenvalue weighted by Crippen LogP contribution is 2.33. The lowest BCUT2D eigenvalue weighted by molar-refractivity contribution is -0.133. The Morgan fingerprint density at radius 2 is 1.82 bits per heavy atom. The highest BCUT2D eigenvalue weighted by atomic mass is 32.2. The molecule has 6 heteroatoms. The number of benzene rings is 2. The van der Waals surface area contributed by atoms with Gasteiger partial charge in [-0.1, -0.05) is 54.6 Å². The van der Waals surface area contributed by atoms with Gasteiger partial charge in [-0.2, -0.15) is 0 Å². The fourth-order valence-corrected chi connectivity index (χ4v) is 6.13. The van der Waals surface area contributed by atoms with Crippen LogP contribution in [0.25, 0.3) is 0 Å². The summed E-state index contributed by atoms with van der Waals surface area (Å²) in [5.74, 6) is 0.497. The van der Waals surface area contributed by atoms with Crippen LogP contribution in [0, 0.1) is 0 Å². The number of rotatable bonds is 4. The molecule has 0 radical (unpaired) electrons. The predicted molar refractivity (Wildman–Crippen MR) is 110 cm³/mol. The van der Waals surface area contributed by atoms with Crippen molar-refractivity contribution in [2.24, 2.45) is 0 Å². The first-order valence-corrected chi connectivity index (χ1v) is 11.6. The number of fused-ring (bicyclic) bond motifs is 1. The SMILES string of the molecule is CN(C(=O)CN1Cc2ccccc2C(c2ccccc2)C1)C1CCS(=O)(=O)C1. The molecule has 0 spiro atoms. The molecule has 0 bridgehead atoms. The molecular formula is C22H26N2O3S. The van der Waals surface area contributed by atoms with Crippen molar-refractivity contribution in [1.82, 2.24) is 9.80 Å². The Kier molecular flexibility index (Phi) is 5.25. The Morgan fingerprint density at radius 1 is 1.11 bits per heavy atom. The van der Waals surface area contributed by atoms with Crippen LogP contribution in [0.2, 0.25) is 0 Å². The maximum absolute atomic E-state index is 12.9. The predicted octanol–water partition coefficient (Wildman–Crippen LogP) is 2.28. The number of amides is 1. The van der Waals surface area contributed by atoms with E-state index in [1.54, 1.807) is 11.9 Å². The van der Waals surface area contributed by atoms with Crippen molar-refractivity contribution in [3.05, 3.63) is 71.3 Å². The van der Waals surface area contributed by atoms with E-state index in [0.717, 1.165) is 13.1 Å². The van der Waals surface area contributed by atoms with Crippen LogP contribution in [-0.4, -0.2) is 61.8 Å². The monoisotopic (exact) mass is 398 g/mol. The van der Waals surface area contributed by atoms with E-state index < -0.39 is 9.84 Å². The molecule has 2 aliphatic rings. The average Bonchev–Trinajstić information content (AvgIpc) is 3.07. The molecule has 2 atom stereocenters. The Bertz CT molecular complexity index is 959. The summed E-state index contributed by atoms with van der Waals surface area (Å²) in [6, 6.07) is 18.6. The molecule has 2 aliphatic heterocycles. The van der Waals surface area contributed by atoms with E-state index in [2.05, 4.69) is 47.4 Å². The van der Waals surface area contributed by atoms with Crippen molar-refractivity contribution < 1.29 is 13.2 Å². The molecule has 148 valence electrons. The van der Waals surface area contributed by atoms with E-state index in [0.29, 0.717) is 13.0 Å². The summed E-state index contributed by atoms with van der Waals surface area (Å²) in [6.45, 7) is 1.83. The van der Waals surface area contributed by atoms with Gasteiger partial charge in [0.2, 0.25) is 5.91 Å². The first-order valence-electron chi connectivity index (χ1n) is 9.74. The molecule has 2 aromatic rings. The highest BCUT2D eigenvalue weighted by Gasteiger charge is 2.34. The third-order valence-corrected chi connectivity index (χ3v) is 7.73. The van der Waals surface area contributed by atoms with Gasteiger partial charge < -0.3 is 4.90 Å². The van der Waals surface area contributed by atoms with Crippen LogP contribution in [0.3, 0.4) is 0 Å². The fourth-order valence-electron chi connectivity index (χ4n) is 4.36. The molecule has 28 heavy (non-hydrogen) atoms. The van der Waals surface area contributed by atoms with Gasteiger partial charge >= 0.3 is 0 Å². The third kappa shape index (κ3) is 3.98. The quantitative estimate of drug-likeness (QED) is 0.793. The molecule has 0 aromatic heterocycles. The summed E-state index contributed by atoms with van der Waals surface area (Å²) >= 11 is 0. The van der Waals surface area contributed by atoms with Gasteiger partial charge in [0.1, 0.15) is 0 Å². The number of hydrogen-bond donors (Lipinski definition) is 0. The molecule has 1 saturated heterocycles. The van der Waals surface area contributed by atoms with Gasteiger partial charge in [-0.3, -0.25) is 9.69 Å². The van der Waals surface area contributed by atoms with Crippen molar-refractivity contribution in [1.29, 1.82) is 0 Å². The van der Waals surface area contributed by atoms with Gasteiger partial charge in [0.15, 0.2) is 9.84 Å². The van der Waals surface area contributed by atoms with Crippen molar-refractivity contribution in [2.45, 2.75) is 24.9 Å². The molecule has 2 heterocycles. The van der Waals surface area contributed by atoms with Crippen LogP contribution in [0.1, 0.15) is 29.0 Å². The summed E-state index contributed by atoms with van der Waals surface area (Å²) < 4.78 is 23.5. The maximum Gasteiger partial charge on any atom is 0.236 e. The Morgan fingerprint density at radius 3 is 2.54 bits per heavy atom. The molecule has 0 N–H and O–H groups in total. The van der Waals surface area contributed by atoms with Crippen LogP contribution < -0.4 is 0 Å². The number of nitrogens with zero attached hydrogens (tertiary/aromatic N) is 2. The van der Waals surface area contributed by atoms with Crippen molar-refractivity contribution in [3.8, 4) is 0 Å². The smallest absolute Gasteiger partial charge is 0.236 e. The lowest BCUT2D eigenvalue weighted by Gasteiger charge is -2.36. The first kappa shape index (κ1) is 19.2. The van der Waals surface area contributed by atoms with E-state index in [1.165, 1.54) is 16.7 Å². The minimum Gasteiger partial charge on any atom is -0.341 e. The van der Waals surface area contributed by atoms with E-state index in [1.807, 2.05) is 12.1 Å². The molecule has 0 saturated carbocycles. The number of likely N-dealkylation sites (N-methyl/N-ethyl adjacent to an activating group) is 1. The fraction of sp³-hybridized carbons (Fsp3) is 0.409. The zero-order valence-electron chi connectivity index (χ0n) is 16.1. The van der Waals surface area contributed by atoms with Gasteiger partial charge in [-0.05, 0) is 23.1 Å². The first-order chi connectivity index (χ1) is 13.4. The van der Waals surface area contributed by atoms with Crippen LogP contribution in [-0.2, 0) is 21.2 Å². The third-order valence-electron chi connectivity index (χ3n) is 5.98. The lowest BCUT2D eigenvalue weighted by Crippen LogP contribution is -2.45. The Balaban J connectivity index is 1.51. The minimum absolute atomic E-state index is 0.00621. The molecule has 0 aliphatic carbocycles. The van der Waals surface area contributed by atoms with Crippen LogP contribution in [0.4, 0.5) is 0 Å². The number of carbonyl (C=O) groups is 1. The van der Waals surface area contributed by atoms with E-state index in [-0.39, 0.29) is 29.4 Å². The lowest BCUT2D eigenvalue weighted by atomic mass is 9.84. The second kappa shape index (κ2) is 7.68. The number of sulfone groups is 1. The van der Waals surface area contributed by atoms with Crippen molar-refractivity contribution in [2.75, 3.05) is 31.6 Å². The summed E-state index contributed by atoms with van der Waals surface area (Å²) in [5, 5.41) is 0. The van der Waals surface area contributed by atoms with Crippen molar-refractivity contribution in [3.63, 3.8) is 0 Å². The second-order valence-corrected chi connectivity index (χ2v) is 10.1. The van der Waals surface area contributed by atoms with E-state index in [9.17, 15) is 13.2 Å². The molecule has 1 fully saturated rings. The Hall–Kier alpha value is -2.18. The zero-order valence-corrected chi connectivity index (χ0v) is 16.9. The van der Waals surface area contributed by atoms with Gasteiger partial charge in [0.05, 0.1) is 18.1 Å². The van der Waals surface area contributed by atoms with Crippen LogP contribution in [0.5, 0.6) is 0 Å². The minimum atomic E-state index is -3.00. The second-order valence-electron chi connectivity index (χ2n) is 7.89. The maximum atomic E-state index is 12.9. The Labute approximate surface area is 166 Å². The number of carbonyl (C=O) groups excluding carboxylic acids is 1. The molecule has 5 nitrogen and oxygen atoms in total. The van der Waals surface area contributed by atoms with Crippen LogP contribution >= 0.6 is 0 Å². The average molecular weight is 399 g/mol. The van der Waals surface area contributed by atoms with E-state index >= 15 is 0 Å². The molecule has 1 amide bonds. The molecular weight excluding hydrogens is 372 g/mol.